The molecule has 0 amide bonds. The first-order valence-corrected chi connectivity index (χ1v) is 6.16. The first kappa shape index (κ1) is 13.1. The Labute approximate surface area is 99.0 Å². The van der Waals surface area contributed by atoms with Gasteiger partial charge in [-0.05, 0) is 18.9 Å². The highest BCUT2D eigenvalue weighted by Crippen LogP contribution is 2.00. The van der Waals surface area contributed by atoms with Crippen molar-refractivity contribution in [2.45, 2.75) is 13.3 Å². The normalized spacial score (nSPS) is 13.1. The quantitative estimate of drug-likeness (QED) is 0.687. The second-order valence-corrected chi connectivity index (χ2v) is 3.99. The molecule has 1 unspecified atom stereocenters. The van der Waals surface area contributed by atoms with Crippen LogP contribution < -0.4 is 0 Å². The van der Waals surface area contributed by atoms with Gasteiger partial charge in [0.05, 0.1) is 13.2 Å². The highest BCUT2D eigenvalue weighted by Gasteiger charge is 1.99. The summed E-state index contributed by atoms with van der Waals surface area (Å²) in [4.78, 5) is 0. The summed E-state index contributed by atoms with van der Waals surface area (Å²) in [6.07, 6.45) is 4.35. The molecule has 0 saturated heterocycles. The van der Waals surface area contributed by atoms with E-state index in [2.05, 4.69) is 0 Å². The second-order valence-electron chi connectivity index (χ2n) is 3.12. The fourth-order valence-electron chi connectivity index (χ4n) is 1.10. The van der Waals surface area contributed by atoms with Gasteiger partial charge in [0, 0.05) is 0 Å². The SMILES string of the molecule is C/C=C/COS(=O)OCCc1ccccc1. The third-order valence-electron chi connectivity index (χ3n) is 1.91. The average molecular weight is 240 g/mol. The van der Waals surface area contributed by atoms with Gasteiger partial charge in [0.25, 0.3) is 0 Å². The van der Waals surface area contributed by atoms with E-state index in [1.807, 2.05) is 43.3 Å². The highest BCUT2D eigenvalue weighted by molar-refractivity contribution is 7.75. The van der Waals surface area contributed by atoms with Gasteiger partial charge < -0.3 is 0 Å². The average Bonchev–Trinajstić information content (AvgIpc) is 2.31. The summed E-state index contributed by atoms with van der Waals surface area (Å²) in [7, 11) is 0. The van der Waals surface area contributed by atoms with Crippen molar-refractivity contribution < 1.29 is 12.6 Å². The molecule has 0 aromatic heterocycles. The summed E-state index contributed by atoms with van der Waals surface area (Å²) in [6.45, 7) is 2.59. The summed E-state index contributed by atoms with van der Waals surface area (Å²) < 4.78 is 21.0. The van der Waals surface area contributed by atoms with Crippen molar-refractivity contribution in [3.8, 4) is 0 Å². The Kier molecular flexibility index (Phi) is 6.72. The number of benzene rings is 1. The molecule has 0 aliphatic carbocycles. The van der Waals surface area contributed by atoms with Crippen molar-refractivity contribution >= 4 is 11.4 Å². The standard InChI is InChI=1S/C12H16O3S/c1-2-3-10-14-16(13)15-11-9-12-7-5-4-6-8-12/h2-8H,9-11H2,1H3/b3-2+. The number of hydrogen-bond acceptors (Lipinski definition) is 3. The highest BCUT2D eigenvalue weighted by atomic mass is 32.2. The van der Waals surface area contributed by atoms with Crippen LogP contribution in [0.4, 0.5) is 0 Å². The Morgan fingerprint density at radius 2 is 2.00 bits per heavy atom. The molecule has 0 fully saturated rings. The minimum absolute atomic E-state index is 0.314. The van der Waals surface area contributed by atoms with Crippen LogP contribution in [0, 0.1) is 0 Å². The van der Waals surface area contributed by atoms with Gasteiger partial charge in [-0.15, -0.1) is 0 Å². The van der Waals surface area contributed by atoms with Gasteiger partial charge in [-0.2, -0.15) is 4.21 Å². The lowest BCUT2D eigenvalue weighted by molar-refractivity contribution is 0.269. The van der Waals surface area contributed by atoms with Crippen molar-refractivity contribution in [2.75, 3.05) is 13.2 Å². The number of allylic oxidation sites excluding steroid dienone is 1. The predicted molar refractivity (Wildman–Crippen MR) is 65.0 cm³/mol. The van der Waals surface area contributed by atoms with Crippen LogP contribution in [0.25, 0.3) is 0 Å². The molecule has 1 atom stereocenters. The first-order valence-electron chi connectivity index (χ1n) is 5.16. The lowest BCUT2D eigenvalue weighted by Crippen LogP contribution is -2.05. The van der Waals surface area contributed by atoms with Gasteiger partial charge in [-0.25, -0.2) is 0 Å². The van der Waals surface area contributed by atoms with Crippen LogP contribution in [0.3, 0.4) is 0 Å². The van der Waals surface area contributed by atoms with E-state index in [0.29, 0.717) is 13.2 Å². The van der Waals surface area contributed by atoms with E-state index in [1.165, 1.54) is 0 Å². The molecule has 1 rings (SSSR count). The van der Waals surface area contributed by atoms with E-state index < -0.39 is 11.4 Å². The van der Waals surface area contributed by atoms with E-state index in [1.54, 1.807) is 6.08 Å². The maximum Gasteiger partial charge on any atom is 0.304 e. The van der Waals surface area contributed by atoms with Gasteiger partial charge in [0.2, 0.25) is 0 Å². The fraction of sp³-hybridized carbons (Fsp3) is 0.333. The Hall–Kier alpha value is -0.970. The number of hydrogen-bond donors (Lipinski definition) is 0. The zero-order chi connectivity index (χ0) is 11.6. The molecule has 1 aromatic carbocycles. The van der Waals surface area contributed by atoms with Crippen molar-refractivity contribution in [1.29, 1.82) is 0 Å². The minimum Gasteiger partial charge on any atom is -0.268 e. The molecule has 0 radical (unpaired) electrons. The van der Waals surface area contributed by atoms with E-state index in [-0.39, 0.29) is 0 Å². The van der Waals surface area contributed by atoms with Crippen LogP contribution in [0.2, 0.25) is 0 Å². The second kappa shape index (κ2) is 8.21. The third kappa shape index (κ3) is 5.80. The van der Waals surface area contributed by atoms with Gasteiger partial charge in [-0.3, -0.25) is 8.37 Å². The maximum absolute atomic E-state index is 11.1. The van der Waals surface area contributed by atoms with Gasteiger partial charge in [0.15, 0.2) is 0 Å². The largest absolute Gasteiger partial charge is 0.304 e. The molecule has 3 nitrogen and oxygen atoms in total. The van der Waals surface area contributed by atoms with Crippen molar-refractivity contribution in [3.63, 3.8) is 0 Å². The van der Waals surface area contributed by atoms with Crippen LogP contribution in [-0.4, -0.2) is 17.4 Å². The third-order valence-corrected chi connectivity index (χ3v) is 2.60. The van der Waals surface area contributed by atoms with Crippen LogP contribution in [0.5, 0.6) is 0 Å². The van der Waals surface area contributed by atoms with Gasteiger partial charge in [-0.1, -0.05) is 42.5 Å². The summed E-state index contributed by atoms with van der Waals surface area (Å²) in [5.74, 6) is 0. The van der Waals surface area contributed by atoms with Crippen LogP contribution >= 0.6 is 0 Å². The molecule has 0 aliphatic rings. The van der Waals surface area contributed by atoms with Gasteiger partial charge >= 0.3 is 11.4 Å². The predicted octanol–water partition coefficient (Wildman–Crippen LogP) is 2.42. The van der Waals surface area contributed by atoms with E-state index >= 15 is 0 Å². The van der Waals surface area contributed by atoms with E-state index in [9.17, 15) is 4.21 Å². The molecule has 0 saturated carbocycles. The first-order chi connectivity index (χ1) is 7.83. The van der Waals surface area contributed by atoms with Crippen LogP contribution in [0.1, 0.15) is 12.5 Å². The van der Waals surface area contributed by atoms with Crippen molar-refractivity contribution in [3.05, 3.63) is 48.0 Å². The zero-order valence-corrected chi connectivity index (χ0v) is 10.1. The molecular weight excluding hydrogens is 224 g/mol. The summed E-state index contributed by atoms with van der Waals surface area (Å²) >= 11 is -1.65. The summed E-state index contributed by atoms with van der Waals surface area (Å²) in [5.41, 5.74) is 1.16. The summed E-state index contributed by atoms with van der Waals surface area (Å²) in [6, 6.07) is 9.91. The smallest absolute Gasteiger partial charge is 0.268 e. The van der Waals surface area contributed by atoms with Crippen molar-refractivity contribution in [1.82, 2.24) is 0 Å². The maximum atomic E-state index is 11.1. The topological polar surface area (TPSA) is 35.5 Å². The molecule has 16 heavy (non-hydrogen) atoms. The van der Waals surface area contributed by atoms with Crippen LogP contribution in [-0.2, 0) is 26.1 Å². The fourth-order valence-corrected chi connectivity index (χ4v) is 1.57. The Balaban J connectivity index is 2.13. The Morgan fingerprint density at radius 3 is 2.69 bits per heavy atom. The van der Waals surface area contributed by atoms with E-state index in [4.69, 9.17) is 8.37 Å². The molecule has 0 bridgehead atoms. The molecule has 4 heteroatoms. The monoisotopic (exact) mass is 240 g/mol. The molecule has 0 aliphatic heterocycles. The molecule has 0 spiro atoms. The van der Waals surface area contributed by atoms with E-state index in [0.717, 1.165) is 12.0 Å². The Bertz CT molecular complexity index is 335. The minimum atomic E-state index is -1.65. The molecule has 1 aromatic rings. The molecule has 0 heterocycles. The molecule has 0 N–H and O–H groups in total. The summed E-state index contributed by atoms with van der Waals surface area (Å²) in [5, 5.41) is 0. The molecular formula is C12H16O3S. The lowest BCUT2D eigenvalue weighted by Gasteiger charge is -2.02. The molecule has 88 valence electrons. The number of rotatable bonds is 7. The van der Waals surface area contributed by atoms with Crippen LogP contribution in [0.15, 0.2) is 42.5 Å². The van der Waals surface area contributed by atoms with Gasteiger partial charge in [0.1, 0.15) is 0 Å². The Morgan fingerprint density at radius 1 is 1.25 bits per heavy atom. The zero-order valence-electron chi connectivity index (χ0n) is 9.30. The van der Waals surface area contributed by atoms with Crippen molar-refractivity contribution in [2.24, 2.45) is 0 Å². The lowest BCUT2D eigenvalue weighted by atomic mass is 10.2.